The van der Waals surface area contributed by atoms with Crippen LogP contribution >= 0.6 is 0 Å². The van der Waals surface area contributed by atoms with Crippen molar-refractivity contribution in [2.24, 2.45) is 17.6 Å². The molecule has 1 amide bonds. The van der Waals surface area contributed by atoms with E-state index in [1.807, 2.05) is 0 Å². The second-order valence-corrected chi connectivity index (χ2v) is 5.42. The number of aliphatic hydroxyl groups excluding tert-OH is 1. The molecule has 0 aromatic carbocycles. The maximum Gasteiger partial charge on any atom is 0.239 e. The Labute approximate surface area is 97.6 Å². The van der Waals surface area contributed by atoms with E-state index in [-0.39, 0.29) is 12.5 Å². The fraction of sp³-hybridized carbons (Fsp3) is 0.917. The van der Waals surface area contributed by atoms with Crippen molar-refractivity contribution in [3.63, 3.8) is 0 Å². The van der Waals surface area contributed by atoms with Crippen molar-refractivity contribution in [3.05, 3.63) is 0 Å². The Balaban J connectivity index is 2.38. The molecule has 16 heavy (non-hydrogen) atoms. The number of carbonyl (C=O) groups excluding carboxylic acids is 1. The number of carbonyl (C=O) groups is 1. The molecule has 4 N–H and O–H groups in total. The average Bonchev–Trinajstić information content (AvgIpc) is 2.24. The van der Waals surface area contributed by atoms with Crippen LogP contribution in [0.25, 0.3) is 0 Å². The standard InChI is InChI=1S/C12H24N2O2/c1-12(2,13)11(16)14-7-9-5-3-4-6-10(9)8-15/h9-10,15H,3-8,13H2,1-2H3,(H,14,16). The Kier molecular flexibility index (Phi) is 4.74. The van der Waals surface area contributed by atoms with E-state index in [1.54, 1.807) is 13.8 Å². The highest BCUT2D eigenvalue weighted by atomic mass is 16.3. The van der Waals surface area contributed by atoms with E-state index in [0.717, 1.165) is 12.8 Å². The van der Waals surface area contributed by atoms with E-state index >= 15 is 0 Å². The van der Waals surface area contributed by atoms with Crippen molar-refractivity contribution in [3.8, 4) is 0 Å². The molecule has 0 heterocycles. The van der Waals surface area contributed by atoms with Crippen LogP contribution in [0.2, 0.25) is 0 Å². The van der Waals surface area contributed by atoms with Crippen molar-refractivity contribution in [2.75, 3.05) is 13.2 Å². The molecule has 0 spiro atoms. The number of hydrogen-bond donors (Lipinski definition) is 3. The normalized spacial score (nSPS) is 26.5. The van der Waals surface area contributed by atoms with Gasteiger partial charge in [0.05, 0.1) is 5.54 Å². The molecule has 0 saturated heterocycles. The summed E-state index contributed by atoms with van der Waals surface area (Å²) >= 11 is 0. The summed E-state index contributed by atoms with van der Waals surface area (Å²) in [5.41, 5.74) is 4.88. The molecule has 0 radical (unpaired) electrons. The van der Waals surface area contributed by atoms with Crippen LogP contribution in [0.1, 0.15) is 39.5 Å². The largest absolute Gasteiger partial charge is 0.396 e. The number of nitrogens with two attached hydrogens (primary N) is 1. The summed E-state index contributed by atoms with van der Waals surface area (Å²) in [5, 5.41) is 12.1. The Bertz CT molecular complexity index is 236. The number of amides is 1. The summed E-state index contributed by atoms with van der Waals surface area (Å²) in [6, 6.07) is 0. The maximum atomic E-state index is 11.6. The van der Waals surface area contributed by atoms with Crippen LogP contribution in [0, 0.1) is 11.8 Å². The molecule has 1 rings (SSSR count). The second kappa shape index (κ2) is 5.64. The van der Waals surface area contributed by atoms with Gasteiger partial charge in [-0.1, -0.05) is 12.8 Å². The highest BCUT2D eigenvalue weighted by molar-refractivity contribution is 5.84. The first kappa shape index (κ1) is 13.5. The van der Waals surface area contributed by atoms with Crippen LogP contribution in [0.4, 0.5) is 0 Å². The molecule has 0 aliphatic heterocycles. The molecular weight excluding hydrogens is 204 g/mol. The summed E-state index contributed by atoms with van der Waals surface area (Å²) in [5.74, 6) is 0.634. The van der Waals surface area contributed by atoms with Crippen LogP contribution in [0.3, 0.4) is 0 Å². The van der Waals surface area contributed by atoms with Crippen molar-refractivity contribution < 1.29 is 9.90 Å². The zero-order valence-electron chi connectivity index (χ0n) is 10.3. The number of hydrogen-bond acceptors (Lipinski definition) is 3. The lowest BCUT2D eigenvalue weighted by molar-refractivity contribution is -0.125. The molecule has 1 saturated carbocycles. The van der Waals surface area contributed by atoms with Gasteiger partial charge in [-0.2, -0.15) is 0 Å². The number of nitrogens with one attached hydrogen (secondary N) is 1. The lowest BCUT2D eigenvalue weighted by Crippen LogP contribution is -2.50. The van der Waals surface area contributed by atoms with Gasteiger partial charge >= 0.3 is 0 Å². The summed E-state index contributed by atoms with van der Waals surface area (Å²) in [7, 11) is 0. The molecule has 94 valence electrons. The van der Waals surface area contributed by atoms with Gasteiger partial charge in [-0.05, 0) is 38.5 Å². The monoisotopic (exact) mass is 228 g/mol. The summed E-state index contributed by atoms with van der Waals surface area (Å²) in [4.78, 5) is 11.6. The van der Waals surface area contributed by atoms with Gasteiger partial charge in [0.15, 0.2) is 0 Å². The minimum Gasteiger partial charge on any atom is -0.396 e. The molecule has 1 fully saturated rings. The van der Waals surface area contributed by atoms with Gasteiger partial charge in [-0.3, -0.25) is 4.79 Å². The third kappa shape index (κ3) is 3.76. The smallest absolute Gasteiger partial charge is 0.239 e. The molecule has 2 atom stereocenters. The van der Waals surface area contributed by atoms with E-state index in [0.29, 0.717) is 18.4 Å². The SMILES string of the molecule is CC(C)(N)C(=O)NCC1CCCCC1CO. The van der Waals surface area contributed by atoms with E-state index in [1.165, 1.54) is 12.8 Å². The Hall–Kier alpha value is -0.610. The molecule has 0 aromatic heterocycles. The van der Waals surface area contributed by atoms with E-state index in [2.05, 4.69) is 5.32 Å². The van der Waals surface area contributed by atoms with E-state index in [9.17, 15) is 9.90 Å². The van der Waals surface area contributed by atoms with Gasteiger partial charge in [0.2, 0.25) is 5.91 Å². The Morgan fingerprint density at radius 2 is 1.94 bits per heavy atom. The van der Waals surface area contributed by atoms with Crippen molar-refractivity contribution in [2.45, 2.75) is 45.1 Å². The number of rotatable bonds is 4. The first-order valence-electron chi connectivity index (χ1n) is 6.13. The van der Waals surface area contributed by atoms with Crippen LogP contribution in [0.5, 0.6) is 0 Å². The molecule has 4 heteroatoms. The molecule has 1 aliphatic rings. The average molecular weight is 228 g/mol. The van der Waals surface area contributed by atoms with Crippen LogP contribution in [0.15, 0.2) is 0 Å². The topological polar surface area (TPSA) is 75.4 Å². The van der Waals surface area contributed by atoms with Crippen molar-refractivity contribution >= 4 is 5.91 Å². The van der Waals surface area contributed by atoms with E-state index in [4.69, 9.17) is 5.73 Å². The first-order valence-corrected chi connectivity index (χ1v) is 6.13. The summed E-state index contributed by atoms with van der Waals surface area (Å²) < 4.78 is 0. The predicted octanol–water partition coefficient (Wildman–Crippen LogP) is 0.639. The minimum atomic E-state index is -0.816. The van der Waals surface area contributed by atoms with Gasteiger partial charge in [0, 0.05) is 13.2 Å². The predicted molar refractivity (Wildman–Crippen MR) is 63.8 cm³/mol. The van der Waals surface area contributed by atoms with Gasteiger partial charge in [-0.15, -0.1) is 0 Å². The third-order valence-electron chi connectivity index (χ3n) is 3.41. The van der Waals surface area contributed by atoms with Crippen LogP contribution in [-0.2, 0) is 4.79 Å². The maximum absolute atomic E-state index is 11.6. The van der Waals surface area contributed by atoms with Crippen LogP contribution < -0.4 is 11.1 Å². The lowest BCUT2D eigenvalue weighted by atomic mass is 9.79. The Morgan fingerprint density at radius 1 is 1.38 bits per heavy atom. The fourth-order valence-electron chi connectivity index (χ4n) is 2.25. The van der Waals surface area contributed by atoms with Gasteiger partial charge in [0.25, 0.3) is 0 Å². The lowest BCUT2D eigenvalue weighted by Gasteiger charge is -2.31. The zero-order valence-corrected chi connectivity index (χ0v) is 10.3. The molecule has 0 aromatic rings. The molecular formula is C12H24N2O2. The quantitative estimate of drug-likeness (QED) is 0.661. The van der Waals surface area contributed by atoms with Crippen LogP contribution in [-0.4, -0.2) is 29.7 Å². The fourth-order valence-corrected chi connectivity index (χ4v) is 2.25. The minimum absolute atomic E-state index is 0.116. The van der Waals surface area contributed by atoms with Crippen molar-refractivity contribution in [1.82, 2.24) is 5.32 Å². The van der Waals surface area contributed by atoms with Crippen molar-refractivity contribution in [1.29, 1.82) is 0 Å². The second-order valence-electron chi connectivity index (χ2n) is 5.42. The van der Waals surface area contributed by atoms with Gasteiger partial charge in [0.1, 0.15) is 0 Å². The third-order valence-corrected chi connectivity index (χ3v) is 3.41. The highest BCUT2D eigenvalue weighted by Gasteiger charge is 2.27. The number of aliphatic hydroxyl groups is 1. The highest BCUT2D eigenvalue weighted by Crippen LogP contribution is 2.29. The molecule has 4 nitrogen and oxygen atoms in total. The van der Waals surface area contributed by atoms with E-state index < -0.39 is 5.54 Å². The zero-order chi connectivity index (χ0) is 12.2. The summed E-state index contributed by atoms with van der Waals surface area (Å²) in [6.45, 7) is 4.27. The summed E-state index contributed by atoms with van der Waals surface area (Å²) in [6.07, 6.45) is 4.56. The first-order chi connectivity index (χ1) is 7.45. The Morgan fingerprint density at radius 3 is 2.44 bits per heavy atom. The molecule has 0 bridgehead atoms. The molecule has 1 aliphatic carbocycles. The molecule has 2 unspecified atom stereocenters. The van der Waals surface area contributed by atoms with Gasteiger partial charge < -0.3 is 16.2 Å². The van der Waals surface area contributed by atoms with Gasteiger partial charge in [-0.25, -0.2) is 0 Å².